The van der Waals surface area contributed by atoms with Gasteiger partial charge in [-0.1, -0.05) is 26.0 Å². The molecule has 0 fully saturated rings. The predicted octanol–water partition coefficient (Wildman–Crippen LogP) is 3.23. The van der Waals surface area contributed by atoms with Crippen LogP contribution in [0.25, 0.3) is 0 Å². The van der Waals surface area contributed by atoms with Crippen molar-refractivity contribution in [3.8, 4) is 0 Å². The zero-order chi connectivity index (χ0) is 12.8. The summed E-state index contributed by atoms with van der Waals surface area (Å²) in [6.45, 7) is 6.42. The van der Waals surface area contributed by atoms with Crippen molar-refractivity contribution >= 4 is 5.69 Å². The molecule has 0 bridgehead atoms. The molecule has 0 aromatic heterocycles. The van der Waals surface area contributed by atoms with Crippen molar-refractivity contribution in [3.63, 3.8) is 0 Å². The lowest BCUT2D eigenvalue weighted by Crippen LogP contribution is -2.33. The van der Waals surface area contributed by atoms with Gasteiger partial charge in [0.2, 0.25) is 0 Å². The first-order valence-corrected chi connectivity index (χ1v) is 6.00. The smallest absolute Gasteiger partial charge is 0.176 e. The van der Waals surface area contributed by atoms with Gasteiger partial charge in [0.1, 0.15) is 0 Å². The van der Waals surface area contributed by atoms with Gasteiger partial charge >= 0.3 is 0 Å². The molecule has 1 N–H and O–H groups in total. The predicted molar refractivity (Wildman–Crippen MR) is 71.4 cm³/mol. The lowest BCUT2D eigenvalue weighted by molar-refractivity contribution is -0.109. The fourth-order valence-electron chi connectivity index (χ4n) is 1.82. The molecule has 0 saturated carbocycles. The number of nitrogens with one attached hydrogen (secondary N) is 1. The van der Waals surface area contributed by atoms with E-state index in [-0.39, 0.29) is 12.3 Å². The molecule has 1 aromatic carbocycles. The minimum absolute atomic E-state index is 0.104. The maximum absolute atomic E-state index is 5.23. The molecule has 1 rings (SSSR count). The molecule has 0 aliphatic rings. The first kappa shape index (κ1) is 14.0. The van der Waals surface area contributed by atoms with Crippen LogP contribution in [0.1, 0.15) is 32.3 Å². The van der Waals surface area contributed by atoms with Gasteiger partial charge in [-0.05, 0) is 30.5 Å². The standard InChI is InChI=1S/C14H23NO2/c1-10(2)12-7-6-8-13(9-12)15-11(3)14(16-4)17-5/h6-11,14-15H,1-5H3. The number of hydrogen-bond donors (Lipinski definition) is 1. The number of rotatable bonds is 6. The molecule has 17 heavy (non-hydrogen) atoms. The van der Waals surface area contributed by atoms with Gasteiger partial charge in [0, 0.05) is 19.9 Å². The third-order valence-electron chi connectivity index (χ3n) is 2.82. The summed E-state index contributed by atoms with van der Waals surface area (Å²) >= 11 is 0. The van der Waals surface area contributed by atoms with Crippen LogP contribution in [0.5, 0.6) is 0 Å². The quantitative estimate of drug-likeness (QED) is 0.770. The van der Waals surface area contributed by atoms with E-state index in [0.29, 0.717) is 5.92 Å². The fraction of sp³-hybridized carbons (Fsp3) is 0.571. The minimum Gasteiger partial charge on any atom is -0.377 e. The second-order valence-corrected chi connectivity index (χ2v) is 4.55. The summed E-state index contributed by atoms with van der Waals surface area (Å²) in [5.74, 6) is 0.535. The summed E-state index contributed by atoms with van der Waals surface area (Å²) in [4.78, 5) is 0. The molecule has 0 saturated heterocycles. The van der Waals surface area contributed by atoms with Crippen LogP contribution >= 0.6 is 0 Å². The van der Waals surface area contributed by atoms with Gasteiger partial charge < -0.3 is 14.8 Å². The summed E-state index contributed by atoms with van der Waals surface area (Å²) in [7, 11) is 3.30. The summed E-state index contributed by atoms with van der Waals surface area (Å²) in [5, 5.41) is 3.39. The molecule has 1 unspecified atom stereocenters. The maximum Gasteiger partial charge on any atom is 0.176 e. The second kappa shape index (κ2) is 6.62. The molecule has 0 amide bonds. The maximum atomic E-state index is 5.23. The Kier molecular flexibility index (Phi) is 5.45. The van der Waals surface area contributed by atoms with E-state index in [0.717, 1.165) is 5.69 Å². The third-order valence-corrected chi connectivity index (χ3v) is 2.82. The Balaban J connectivity index is 2.70. The Morgan fingerprint density at radius 3 is 2.24 bits per heavy atom. The highest BCUT2D eigenvalue weighted by atomic mass is 16.7. The Bertz CT molecular complexity index is 335. The van der Waals surface area contributed by atoms with Crippen molar-refractivity contribution < 1.29 is 9.47 Å². The molecular weight excluding hydrogens is 214 g/mol. The lowest BCUT2D eigenvalue weighted by atomic mass is 10.0. The van der Waals surface area contributed by atoms with Gasteiger partial charge in [-0.2, -0.15) is 0 Å². The van der Waals surface area contributed by atoms with Crippen LogP contribution in [0, 0.1) is 0 Å². The van der Waals surface area contributed by atoms with Gasteiger partial charge in [0.25, 0.3) is 0 Å². The zero-order valence-corrected chi connectivity index (χ0v) is 11.4. The highest BCUT2D eigenvalue weighted by molar-refractivity contribution is 5.47. The highest BCUT2D eigenvalue weighted by Crippen LogP contribution is 2.19. The molecule has 1 atom stereocenters. The summed E-state index contributed by atoms with van der Waals surface area (Å²) < 4.78 is 10.5. The normalized spacial score (nSPS) is 13.1. The summed E-state index contributed by atoms with van der Waals surface area (Å²) in [6.07, 6.45) is -0.238. The molecule has 1 aromatic rings. The molecule has 0 radical (unpaired) electrons. The van der Waals surface area contributed by atoms with Crippen LogP contribution in [0.4, 0.5) is 5.69 Å². The van der Waals surface area contributed by atoms with Crippen LogP contribution in [0.15, 0.2) is 24.3 Å². The largest absolute Gasteiger partial charge is 0.377 e. The minimum atomic E-state index is -0.238. The van der Waals surface area contributed by atoms with Gasteiger partial charge in [0.05, 0.1) is 6.04 Å². The molecular formula is C14H23NO2. The highest BCUT2D eigenvalue weighted by Gasteiger charge is 2.15. The van der Waals surface area contributed by atoms with E-state index in [4.69, 9.17) is 9.47 Å². The van der Waals surface area contributed by atoms with Gasteiger partial charge in [-0.25, -0.2) is 0 Å². The molecule has 96 valence electrons. The zero-order valence-electron chi connectivity index (χ0n) is 11.4. The Morgan fingerprint density at radius 1 is 1.06 bits per heavy atom. The van der Waals surface area contributed by atoms with E-state index in [1.807, 2.05) is 6.92 Å². The van der Waals surface area contributed by atoms with Gasteiger partial charge in [0.15, 0.2) is 6.29 Å². The average molecular weight is 237 g/mol. The first-order valence-electron chi connectivity index (χ1n) is 6.00. The SMILES string of the molecule is COC(OC)C(C)Nc1cccc(C(C)C)c1. The number of methoxy groups -OCH3 is 2. The molecule has 0 spiro atoms. The van der Waals surface area contributed by atoms with Gasteiger partial charge in [-0.3, -0.25) is 0 Å². The Morgan fingerprint density at radius 2 is 1.71 bits per heavy atom. The molecule has 0 aliphatic carbocycles. The average Bonchev–Trinajstić information content (AvgIpc) is 2.30. The summed E-state index contributed by atoms with van der Waals surface area (Å²) in [6, 6.07) is 8.55. The first-order chi connectivity index (χ1) is 8.08. The van der Waals surface area contributed by atoms with Crippen molar-refractivity contribution in [1.82, 2.24) is 0 Å². The molecule has 0 aliphatic heterocycles. The van der Waals surface area contributed by atoms with Crippen molar-refractivity contribution in [3.05, 3.63) is 29.8 Å². The number of hydrogen-bond acceptors (Lipinski definition) is 3. The lowest BCUT2D eigenvalue weighted by Gasteiger charge is -2.23. The third kappa shape index (κ3) is 4.02. The van der Waals surface area contributed by atoms with Crippen LogP contribution in [-0.2, 0) is 9.47 Å². The molecule has 3 heteroatoms. The van der Waals surface area contributed by atoms with E-state index in [1.54, 1.807) is 14.2 Å². The molecule has 0 heterocycles. The fourth-order valence-corrected chi connectivity index (χ4v) is 1.82. The monoisotopic (exact) mass is 237 g/mol. The van der Waals surface area contributed by atoms with E-state index >= 15 is 0 Å². The summed E-state index contributed by atoms with van der Waals surface area (Å²) in [5.41, 5.74) is 2.43. The van der Waals surface area contributed by atoms with Gasteiger partial charge in [-0.15, -0.1) is 0 Å². The van der Waals surface area contributed by atoms with E-state index in [9.17, 15) is 0 Å². The van der Waals surface area contributed by atoms with E-state index in [2.05, 4.69) is 43.4 Å². The van der Waals surface area contributed by atoms with Crippen molar-refractivity contribution in [2.24, 2.45) is 0 Å². The topological polar surface area (TPSA) is 30.5 Å². The number of anilines is 1. The number of ether oxygens (including phenoxy) is 2. The Hall–Kier alpha value is -1.06. The van der Waals surface area contributed by atoms with Crippen LogP contribution in [-0.4, -0.2) is 26.6 Å². The van der Waals surface area contributed by atoms with Crippen LogP contribution in [0.2, 0.25) is 0 Å². The van der Waals surface area contributed by atoms with Crippen molar-refractivity contribution in [2.75, 3.05) is 19.5 Å². The van der Waals surface area contributed by atoms with Crippen molar-refractivity contribution in [1.29, 1.82) is 0 Å². The van der Waals surface area contributed by atoms with E-state index in [1.165, 1.54) is 5.56 Å². The number of benzene rings is 1. The van der Waals surface area contributed by atoms with Crippen LogP contribution < -0.4 is 5.32 Å². The van der Waals surface area contributed by atoms with Crippen LogP contribution in [0.3, 0.4) is 0 Å². The van der Waals surface area contributed by atoms with Crippen molar-refractivity contribution in [2.45, 2.75) is 39.0 Å². The molecule has 3 nitrogen and oxygen atoms in total. The van der Waals surface area contributed by atoms with E-state index < -0.39 is 0 Å². The Labute approximate surface area is 104 Å². The second-order valence-electron chi connectivity index (χ2n) is 4.55.